The average Bonchev–Trinajstić information content (AvgIpc) is 2.60. The number of carbonyl (C=O) groups excluding carboxylic acids is 1. The molecule has 0 aromatic rings. The minimum absolute atomic E-state index is 0.581. The number of aliphatic hydroxyl groups is 7. The molecule has 8 N–H and O–H groups in total. The van der Waals surface area contributed by atoms with Crippen LogP contribution in [0.3, 0.4) is 0 Å². The van der Waals surface area contributed by atoms with E-state index in [9.17, 15) is 35.4 Å². The highest BCUT2D eigenvalue weighted by molar-refractivity contribution is 5.73. The molecule has 0 bridgehead atoms. The van der Waals surface area contributed by atoms with Crippen molar-refractivity contribution in [3.8, 4) is 0 Å². The van der Waals surface area contributed by atoms with Gasteiger partial charge in [-0.25, -0.2) is 0 Å². The van der Waals surface area contributed by atoms with Crippen molar-refractivity contribution in [2.24, 2.45) is 0 Å². The fourth-order valence-corrected chi connectivity index (χ4v) is 2.96. The Morgan fingerprint density at radius 1 is 0.923 bits per heavy atom. The maximum absolute atomic E-state index is 11.4. The van der Waals surface area contributed by atoms with Gasteiger partial charge < -0.3 is 55.3 Å². The Morgan fingerprint density at radius 2 is 1.46 bits per heavy atom. The molecule has 0 spiro atoms. The zero-order valence-electron chi connectivity index (χ0n) is 14.0. The molecule has 2 aliphatic rings. The standard InChI is InChI=1S/C14H25NO11/c1-4(18)15-7-10(21)8(19)6(3-17)25-14(7)26-12-11(22)9(20)5(2-16)24-13(12)23/h5-14,16-17,19-23H,2-3H2,1H3,(H,15,18)/t5-,6-,7-,8-,9+,10-,11+,12-,13+,14+/m1/s1. The fraction of sp³-hybridized carbons (Fsp3) is 0.929. The molecule has 26 heavy (non-hydrogen) atoms. The van der Waals surface area contributed by atoms with Gasteiger partial charge in [-0.3, -0.25) is 4.79 Å². The zero-order valence-corrected chi connectivity index (χ0v) is 14.0. The number of ether oxygens (including phenoxy) is 3. The molecule has 0 unspecified atom stereocenters. The lowest BCUT2D eigenvalue weighted by atomic mass is 9.96. The third-order valence-corrected chi connectivity index (χ3v) is 4.38. The lowest BCUT2D eigenvalue weighted by molar-refractivity contribution is -0.348. The van der Waals surface area contributed by atoms with Crippen LogP contribution in [0, 0.1) is 0 Å². The summed E-state index contributed by atoms with van der Waals surface area (Å²) in [5, 5.41) is 70.7. The van der Waals surface area contributed by atoms with E-state index in [4.69, 9.17) is 19.3 Å². The molecule has 12 nitrogen and oxygen atoms in total. The first-order chi connectivity index (χ1) is 12.2. The van der Waals surface area contributed by atoms with Crippen LogP contribution in [0.2, 0.25) is 0 Å². The van der Waals surface area contributed by atoms with Crippen LogP contribution in [0.15, 0.2) is 0 Å². The van der Waals surface area contributed by atoms with E-state index >= 15 is 0 Å². The molecular formula is C14H25NO11. The van der Waals surface area contributed by atoms with Gasteiger partial charge in [-0.1, -0.05) is 0 Å². The van der Waals surface area contributed by atoms with E-state index in [2.05, 4.69) is 5.32 Å². The van der Waals surface area contributed by atoms with Gasteiger partial charge in [-0.05, 0) is 0 Å². The SMILES string of the molecule is CC(=O)N[C@H]1[C@H](O[C@@H]2[C@@H](O)[C@@H](O)[C@@H](CO)O[C@@H]2O)O[C@H](CO)[C@@H](O)[C@@H]1O. The molecule has 0 aromatic heterocycles. The van der Waals surface area contributed by atoms with E-state index in [1.54, 1.807) is 0 Å². The van der Waals surface area contributed by atoms with Gasteiger partial charge in [0.25, 0.3) is 0 Å². The number of hydrogen-bond donors (Lipinski definition) is 8. The Balaban J connectivity index is 2.18. The average molecular weight is 383 g/mol. The lowest BCUT2D eigenvalue weighted by Crippen LogP contribution is -2.67. The Bertz CT molecular complexity index is 480. The number of nitrogens with one attached hydrogen (secondary N) is 1. The first-order valence-corrected chi connectivity index (χ1v) is 8.06. The van der Waals surface area contributed by atoms with Crippen molar-refractivity contribution in [1.82, 2.24) is 5.32 Å². The quantitative estimate of drug-likeness (QED) is 0.226. The van der Waals surface area contributed by atoms with Gasteiger partial charge >= 0.3 is 0 Å². The van der Waals surface area contributed by atoms with E-state index in [0.717, 1.165) is 6.92 Å². The van der Waals surface area contributed by atoms with Crippen LogP contribution in [0.4, 0.5) is 0 Å². The third kappa shape index (κ3) is 4.31. The normalized spacial score (nSPS) is 46.8. The van der Waals surface area contributed by atoms with Gasteiger partial charge in [0.15, 0.2) is 12.6 Å². The summed E-state index contributed by atoms with van der Waals surface area (Å²) in [7, 11) is 0. The fourth-order valence-electron chi connectivity index (χ4n) is 2.96. The molecule has 0 aliphatic carbocycles. The molecule has 12 heteroatoms. The molecule has 2 rings (SSSR count). The first-order valence-electron chi connectivity index (χ1n) is 8.06. The van der Waals surface area contributed by atoms with Crippen LogP contribution in [-0.2, 0) is 19.0 Å². The Morgan fingerprint density at radius 3 is 2.00 bits per heavy atom. The van der Waals surface area contributed by atoms with Crippen molar-refractivity contribution < 1.29 is 54.8 Å². The maximum Gasteiger partial charge on any atom is 0.217 e. The second kappa shape index (κ2) is 8.84. The summed E-state index contributed by atoms with van der Waals surface area (Å²) in [6, 6.07) is -1.29. The summed E-state index contributed by atoms with van der Waals surface area (Å²) >= 11 is 0. The number of aliphatic hydroxyl groups excluding tert-OH is 7. The molecule has 152 valence electrons. The van der Waals surface area contributed by atoms with Crippen molar-refractivity contribution in [2.45, 2.75) is 68.3 Å². The van der Waals surface area contributed by atoms with E-state index in [0.29, 0.717) is 0 Å². The lowest BCUT2D eigenvalue weighted by Gasteiger charge is -2.46. The molecule has 0 aromatic carbocycles. The van der Waals surface area contributed by atoms with E-state index in [1.807, 2.05) is 0 Å². The monoisotopic (exact) mass is 383 g/mol. The summed E-state index contributed by atoms with van der Waals surface area (Å²) in [5.41, 5.74) is 0. The molecule has 0 radical (unpaired) electrons. The van der Waals surface area contributed by atoms with E-state index < -0.39 is 80.5 Å². The van der Waals surface area contributed by atoms with Gasteiger partial charge in [0.2, 0.25) is 5.91 Å². The van der Waals surface area contributed by atoms with Crippen LogP contribution in [0.25, 0.3) is 0 Å². The van der Waals surface area contributed by atoms with E-state index in [1.165, 1.54) is 0 Å². The smallest absolute Gasteiger partial charge is 0.217 e. The minimum Gasteiger partial charge on any atom is -0.394 e. The van der Waals surface area contributed by atoms with Gasteiger partial charge in [-0.2, -0.15) is 0 Å². The summed E-state index contributed by atoms with van der Waals surface area (Å²) < 4.78 is 15.7. The molecule has 0 saturated carbocycles. The van der Waals surface area contributed by atoms with E-state index in [-0.39, 0.29) is 0 Å². The second-order valence-corrected chi connectivity index (χ2v) is 6.26. The number of hydrogen-bond acceptors (Lipinski definition) is 11. The maximum atomic E-state index is 11.4. The number of carbonyl (C=O) groups is 1. The van der Waals surface area contributed by atoms with Crippen molar-refractivity contribution in [3.63, 3.8) is 0 Å². The molecule has 2 fully saturated rings. The highest BCUT2D eigenvalue weighted by Gasteiger charge is 2.50. The largest absolute Gasteiger partial charge is 0.394 e. The topological polar surface area (TPSA) is 198 Å². The third-order valence-electron chi connectivity index (χ3n) is 4.38. The molecule has 2 aliphatic heterocycles. The summed E-state index contributed by atoms with van der Waals surface area (Å²) in [6.07, 6.45) is -13.7. The van der Waals surface area contributed by atoms with Crippen LogP contribution < -0.4 is 5.32 Å². The van der Waals surface area contributed by atoms with Crippen molar-refractivity contribution in [3.05, 3.63) is 0 Å². The van der Waals surface area contributed by atoms with Crippen LogP contribution in [0.5, 0.6) is 0 Å². The summed E-state index contributed by atoms with van der Waals surface area (Å²) in [6.45, 7) is -0.183. The highest BCUT2D eigenvalue weighted by atomic mass is 16.7. The predicted octanol–water partition coefficient (Wildman–Crippen LogP) is -5.25. The van der Waals surface area contributed by atoms with Crippen LogP contribution in [0.1, 0.15) is 6.92 Å². The molecule has 10 atom stereocenters. The Hall–Kier alpha value is -0.930. The molecule has 1 amide bonds. The molecule has 2 heterocycles. The Labute approximate surface area is 148 Å². The van der Waals surface area contributed by atoms with Crippen LogP contribution >= 0.6 is 0 Å². The zero-order chi connectivity index (χ0) is 19.6. The highest BCUT2D eigenvalue weighted by Crippen LogP contribution is 2.28. The van der Waals surface area contributed by atoms with Gasteiger partial charge in [0.1, 0.15) is 48.8 Å². The second-order valence-electron chi connectivity index (χ2n) is 6.26. The number of amides is 1. The van der Waals surface area contributed by atoms with Gasteiger partial charge in [0, 0.05) is 6.92 Å². The number of rotatable bonds is 5. The first kappa shape index (κ1) is 21.4. The van der Waals surface area contributed by atoms with Gasteiger partial charge in [0.05, 0.1) is 13.2 Å². The minimum atomic E-state index is -1.76. The Kier molecular flexibility index (Phi) is 7.27. The van der Waals surface area contributed by atoms with Gasteiger partial charge in [-0.15, -0.1) is 0 Å². The van der Waals surface area contributed by atoms with Crippen molar-refractivity contribution in [1.29, 1.82) is 0 Å². The summed E-state index contributed by atoms with van der Waals surface area (Å²) in [4.78, 5) is 11.4. The van der Waals surface area contributed by atoms with Crippen molar-refractivity contribution in [2.75, 3.05) is 13.2 Å². The summed E-state index contributed by atoms with van der Waals surface area (Å²) in [5.74, 6) is -0.581. The van der Waals surface area contributed by atoms with Crippen molar-refractivity contribution >= 4 is 5.91 Å². The van der Waals surface area contributed by atoms with Crippen LogP contribution in [-0.4, -0.2) is 116 Å². The molecular weight excluding hydrogens is 358 g/mol. The predicted molar refractivity (Wildman–Crippen MR) is 80.2 cm³/mol. The molecule has 2 saturated heterocycles.